The fourth-order valence-electron chi connectivity index (χ4n) is 3.08. The average molecular weight is 414 g/mol. The minimum Gasteiger partial charge on any atom is -0.454 e. The molecule has 10 nitrogen and oxygen atoms in total. The Kier molecular flexibility index (Phi) is 6.05. The highest BCUT2D eigenvalue weighted by molar-refractivity contribution is 5.76. The molecule has 3 rings (SSSR count). The average Bonchev–Trinajstić information content (AvgIpc) is 3.19. The largest absolute Gasteiger partial charge is 0.454 e. The van der Waals surface area contributed by atoms with Gasteiger partial charge in [0, 0.05) is 0 Å². The minimum absolute atomic E-state index is 0.0929. The molecular weight excluding hydrogens is 392 g/mol. The Morgan fingerprint density at radius 1 is 1.03 bits per heavy atom. The van der Waals surface area contributed by atoms with Crippen LogP contribution in [0.1, 0.15) is 18.5 Å². The van der Waals surface area contributed by atoms with Gasteiger partial charge in [-0.25, -0.2) is 28.1 Å². The van der Waals surface area contributed by atoms with Gasteiger partial charge in [-0.2, -0.15) is 0 Å². The Morgan fingerprint density at radius 2 is 1.60 bits per heavy atom. The van der Waals surface area contributed by atoms with Crippen LogP contribution in [0.5, 0.6) is 11.5 Å². The standard InChI is InChI=1S/C20H22N4O6/c1-4-8-22-18(26)23(9-5-2)20(28)24(19(22)27)11-17(25)21-13(3)14-6-7-15-16(10-14)30-12-29-15/h4-7,10,13H,1-2,8-9,11-12H2,3H3,(H,21,25)/t13-/m1/s1. The number of nitrogens with zero attached hydrogens (tertiary/aromatic N) is 3. The summed E-state index contributed by atoms with van der Waals surface area (Å²) >= 11 is 0. The molecule has 1 N–H and O–H groups in total. The molecule has 0 saturated carbocycles. The molecule has 1 aliphatic rings. The molecule has 1 aromatic carbocycles. The van der Waals surface area contributed by atoms with E-state index in [4.69, 9.17) is 9.47 Å². The van der Waals surface area contributed by atoms with E-state index in [1.807, 2.05) is 0 Å². The van der Waals surface area contributed by atoms with Crippen LogP contribution < -0.4 is 31.9 Å². The van der Waals surface area contributed by atoms with E-state index in [1.54, 1.807) is 25.1 Å². The Balaban J connectivity index is 1.86. The predicted octanol–water partition coefficient (Wildman–Crippen LogP) is 0.150. The Bertz CT molecular complexity index is 1130. The summed E-state index contributed by atoms with van der Waals surface area (Å²) in [5, 5.41) is 2.74. The fourth-order valence-corrected chi connectivity index (χ4v) is 3.08. The molecule has 10 heteroatoms. The smallest absolute Gasteiger partial charge is 0.337 e. The molecule has 1 aromatic heterocycles. The summed E-state index contributed by atoms with van der Waals surface area (Å²) in [5.41, 5.74) is -1.77. The summed E-state index contributed by atoms with van der Waals surface area (Å²) in [6, 6.07) is 4.86. The van der Waals surface area contributed by atoms with Gasteiger partial charge < -0.3 is 14.8 Å². The number of benzene rings is 1. The van der Waals surface area contributed by atoms with Gasteiger partial charge in [-0.15, -0.1) is 13.2 Å². The second-order valence-corrected chi connectivity index (χ2v) is 6.63. The highest BCUT2D eigenvalue weighted by Crippen LogP contribution is 2.34. The second-order valence-electron chi connectivity index (χ2n) is 6.63. The lowest BCUT2D eigenvalue weighted by Crippen LogP contribution is -2.55. The van der Waals surface area contributed by atoms with Crippen LogP contribution in [0.15, 0.2) is 57.9 Å². The quantitative estimate of drug-likeness (QED) is 0.615. The molecule has 30 heavy (non-hydrogen) atoms. The third-order valence-electron chi connectivity index (χ3n) is 4.58. The lowest BCUT2D eigenvalue weighted by atomic mass is 10.1. The van der Waals surface area contributed by atoms with Crippen LogP contribution in [0.4, 0.5) is 0 Å². The van der Waals surface area contributed by atoms with Crippen molar-refractivity contribution < 1.29 is 14.3 Å². The molecule has 0 bridgehead atoms. The Labute approximate surface area is 171 Å². The minimum atomic E-state index is -0.879. The fraction of sp³-hybridized carbons (Fsp3) is 0.300. The zero-order chi connectivity index (χ0) is 21.8. The van der Waals surface area contributed by atoms with Crippen molar-refractivity contribution in [1.29, 1.82) is 0 Å². The molecule has 2 heterocycles. The van der Waals surface area contributed by atoms with Gasteiger partial charge in [0.15, 0.2) is 11.5 Å². The van der Waals surface area contributed by atoms with Gasteiger partial charge in [0.25, 0.3) is 0 Å². The molecular formula is C20H22N4O6. The van der Waals surface area contributed by atoms with Crippen molar-refractivity contribution in [3.8, 4) is 11.5 Å². The molecule has 1 amide bonds. The van der Waals surface area contributed by atoms with Crippen LogP contribution in [0, 0.1) is 0 Å². The molecule has 1 aliphatic heterocycles. The van der Waals surface area contributed by atoms with E-state index in [-0.39, 0.29) is 19.9 Å². The van der Waals surface area contributed by atoms with Crippen molar-refractivity contribution >= 4 is 5.91 Å². The molecule has 1 atom stereocenters. The molecule has 0 spiro atoms. The zero-order valence-electron chi connectivity index (χ0n) is 16.5. The number of amides is 1. The maximum Gasteiger partial charge on any atom is 0.337 e. The second kappa shape index (κ2) is 8.68. The highest BCUT2D eigenvalue weighted by atomic mass is 16.7. The predicted molar refractivity (Wildman–Crippen MR) is 109 cm³/mol. The molecule has 0 saturated heterocycles. The van der Waals surface area contributed by atoms with Gasteiger partial charge in [0.1, 0.15) is 6.54 Å². The van der Waals surface area contributed by atoms with E-state index in [9.17, 15) is 19.2 Å². The van der Waals surface area contributed by atoms with E-state index >= 15 is 0 Å². The Morgan fingerprint density at radius 3 is 2.20 bits per heavy atom. The topological polar surface area (TPSA) is 114 Å². The lowest BCUT2D eigenvalue weighted by molar-refractivity contribution is -0.122. The number of carbonyl (C=O) groups excluding carboxylic acids is 1. The molecule has 0 fully saturated rings. The van der Waals surface area contributed by atoms with Crippen LogP contribution >= 0.6 is 0 Å². The van der Waals surface area contributed by atoms with E-state index in [0.29, 0.717) is 11.5 Å². The number of aromatic nitrogens is 3. The van der Waals surface area contributed by atoms with Crippen molar-refractivity contribution in [2.45, 2.75) is 32.6 Å². The third-order valence-corrected chi connectivity index (χ3v) is 4.58. The monoisotopic (exact) mass is 414 g/mol. The summed E-state index contributed by atoms with van der Waals surface area (Å²) in [5.74, 6) is 0.637. The van der Waals surface area contributed by atoms with Crippen LogP contribution in [0.3, 0.4) is 0 Å². The zero-order valence-corrected chi connectivity index (χ0v) is 16.5. The number of allylic oxidation sites excluding steroid dienone is 2. The van der Waals surface area contributed by atoms with E-state index in [1.165, 1.54) is 12.2 Å². The number of hydrogen-bond acceptors (Lipinski definition) is 6. The van der Waals surface area contributed by atoms with Gasteiger partial charge in [-0.1, -0.05) is 18.2 Å². The first-order valence-electron chi connectivity index (χ1n) is 9.22. The van der Waals surface area contributed by atoms with E-state index in [0.717, 1.165) is 19.3 Å². The Hall–Kier alpha value is -3.82. The van der Waals surface area contributed by atoms with Crippen LogP contribution in [0.25, 0.3) is 0 Å². The van der Waals surface area contributed by atoms with E-state index < -0.39 is 35.6 Å². The van der Waals surface area contributed by atoms with Crippen LogP contribution in [-0.4, -0.2) is 26.4 Å². The maximum absolute atomic E-state index is 12.6. The molecule has 0 unspecified atom stereocenters. The first-order valence-corrected chi connectivity index (χ1v) is 9.22. The number of hydrogen-bond donors (Lipinski definition) is 1. The normalized spacial score (nSPS) is 13.0. The summed E-state index contributed by atoms with van der Waals surface area (Å²) in [7, 11) is 0. The van der Waals surface area contributed by atoms with Gasteiger partial charge in [0.05, 0.1) is 19.1 Å². The van der Waals surface area contributed by atoms with Crippen molar-refractivity contribution in [1.82, 2.24) is 19.0 Å². The lowest BCUT2D eigenvalue weighted by Gasteiger charge is -2.16. The summed E-state index contributed by atoms with van der Waals surface area (Å²) in [6.07, 6.45) is 2.72. The van der Waals surface area contributed by atoms with Crippen LogP contribution in [-0.2, 0) is 24.4 Å². The summed E-state index contributed by atoms with van der Waals surface area (Å²) in [6.45, 7) is 8.19. The van der Waals surface area contributed by atoms with Crippen molar-refractivity contribution in [3.05, 3.63) is 80.5 Å². The number of fused-ring (bicyclic) bond motifs is 1. The van der Waals surface area contributed by atoms with Crippen molar-refractivity contribution in [2.24, 2.45) is 0 Å². The molecule has 2 aromatic rings. The van der Waals surface area contributed by atoms with Gasteiger partial charge in [-0.05, 0) is 24.6 Å². The van der Waals surface area contributed by atoms with Crippen LogP contribution in [0.2, 0.25) is 0 Å². The summed E-state index contributed by atoms with van der Waals surface area (Å²) in [4.78, 5) is 50.1. The third kappa shape index (κ3) is 3.97. The first kappa shape index (κ1) is 20.9. The number of carbonyl (C=O) groups is 1. The van der Waals surface area contributed by atoms with E-state index in [2.05, 4.69) is 18.5 Å². The molecule has 158 valence electrons. The van der Waals surface area contributed by atoms with Crippen molar-refractivity contribution in [3.63, 3.8) is 0 Å². The summed E-state index contributed by atoms with van der Waals surface area (Å²) < 4.78 is 13.0. The first-order chi connectivity index (χ1) is 14.4. The number of ether oxygens (including phenoxy) is 2. The van der Waals surface area contributed by atoms with Gasteiger partial charge >= 0.3 is 17.1 Å². The SMILES string of the molecule is C=CCn1c(=O)n(CC=C)c(=O)n(CC(=O)N[C@H](C)c2ccc3c(c2)OCO3)c1=O. The maximum atomic E-state index is 12.6. The molecule has 0 aliphatic carbocycles. The van der Waals surface area contributed by atoms with Gasteiger partial charge in [0.2, 0.25) is 12.7 Å². The highest BCUT2D eigenvalue weighted by Gasteiger charge is 2.19. The van der Waals surface area contributed by atoms with Crippen molar-refractivity contribution in [2.75, 3.05) is 6.79 Å². The number of rotatable bonds is 8. The number of nitrogens with one attached hydrogen (secondary N) is 1. The molecule has 0 radical (unpaired) electrons. The van der Waals surface area contributed by atoms with Gasteiger partial charge in [-0.3, -0.25) is 4.79 Å².